The number of hydrogen-bond donors (Lipinski definition) is 2. The van der Waals surface area contributed by atoms with Crippen molar-refractivity contribution in [3.63, 3.8) is 0 Å². The van der Waals surface area contributed by atoms with Crippen LogP contribution in [-0.2, 0) is 37.1 Å². The van der Waals surface area contributed by atoms with E-state index in [-0.39, 0.29) is 18.2 Å². The maximum absolute atomic E-state index is 14.8. The lowest BCUT2D eigenvalue weighted by atomic mass is 9.92. The van der Waals surface area contributed by atoms with Gasteiger partial charge in [-0.2, -0.15) is 79.0 Å². The Hall–Kier alpha value is -7.33. The Balaban J connectivity index is 1.51. The average molecular weight is 976 g/mol. The number of nitrogens with two attached hydrogens (primary N) is 2. The van der Waals surface area contributed by atoms with E-state index >= 15 is 0 Å². The van der Waals surface area contributed by atoms with Crippen LogP contribution in [0.4, 0.5) is 90.4 Å². The summed E-state index contributed by atoms with van der Waals surface area (Å²) in [5.74, 6) is -2.85. The minimum Gasteiger partial charge on any atom is -0.399 e. The summed E-state index contributed by atoms with van der Waals surface area (Å²) in [4.78, 5) is 11.9. The Morgan fingerprint density at radius 2 is 0.500 bits per heavy atom. The van der Waals surface area contributed by atoms with Gasteiger partial charge in [0.05, 0.1) is 33.4 Å². The first kappa shape index (κ1) is 48.6. The van der Waals surface area contributed by atoms with Crippen molar-refractivity contribution < 1.29 is 79.0 Å². The molecule has 0 unspecified atom stereocenters. The molecule has 0 amide bonds. The lowest BCUT2D eigenvalue weighted by Gasteiger charge is -2.20. The Morgan fingerprint density at radius 3 is 0.779 bits per heavy atom. The summed E-state index contributed by atoms with van der Waals surface area (Å²) in [6.07, 6.45) is -32.1. The highest BCUT2D eigenvalue weighted by atomic mass is 19.4. The molecule has 7 aromatic rings. The lowest BCUT2D eigenvalue weighted by molar-refractivity contribution is -0.139. The second-order valence-corrected chi connectivity index (χ2v) is 14.7. The number of nitrogen functional groups attached to an aromatic ring is 2. The van der Waals surface area contributed by atoms with Crippen molar-refractivity contribution in [2.75, 3.05) is 11.5 Å². The third-order valence-electron chi connectivity index (χ3n) is 10.2. The van der Waals surface area contributed by atoms with Gasteiger partial charge < -0.3 is 11.5 Å². The highest BCUT2D eigenvalue weighted by Crippen LogP contribution is 2.48. The fourth-order valence-electron chi connectivity index (χ4n) is 7.25. The van der Waals surface area contributed by atoms with Crippen molar-refractivity contribution in [2.45, 2.75) is 37.1 Å². The van der Waals surface area contributed by atoms with Gasteiger partial charge in [-0.05, 0) is 81.9 Å². The number of alkyl halides is 18. The zero-order valence-corrected chi connectivity index (χ0v) is 33.3. The molecule has 0 radical (unpaired) electrons. The largest absolute Gasteiger partial charge is 0.417 e. The summed E-state index contributed by atoms with van der Waals surface area (Å²) in [6.45, 7) is 0. The van der Waals surface area contributed by atoms with Crippen molar-refractivity contribution >= 4 is 11.4 Å². The zero-order valence-electron chi connectivity index (χ0n) is 33.3. The molecule has 0 bridgehead atoms. The third-order valence-corrected chi connectivity index (χ3v) is 10.2. The number of anilines is 2. The van der Waals surface area contributed by atoms with Crippen molar-refractivity contribution in [2.24, 2.45) is 0 Å². The molecule has 0 aliphatic carbocycles. The van der Waals surface area contributed by atoms with Crippen LogP contribution in [0.25, 0.3) is 67.5 Å². The molecule has 0 aliphatic rings. The van der Waals surface area contributed by atoms with Gasteiger partial charge in [0.25, 0.3) is 0 Å². The van der Waals surface area contributed by atoms with Crippen LogP contribution in [0.2, 0.25) is 0 Å². The fraction of sp³-hybridized carbons (Fsp3) is 0.133. The van der Waals surface area contributed by atoms with Crippen LogP contribution >= 0.6 is 0 Å². The van der Waals surface area contributed by atoms with Gasteiger partial charge in [0, 0.05) is 28.1 Å². The molecule has 7 rings (SSSR count). The van der Waals surface area contributed by atoms with Crippen LogP contribution in [0.3, 0.4) is 0 Å². The van der Waals surface area contributed by atoms with Crippen molar-refractivity contribution in [1.82, 2.24) is 15.0 Å². The third kappa shape index (κ3) is 9.86. The standard InChI is InChI=1S/C45H23F18N5/c46-40(47,48)31-4-2-1-3-25(31)26-10-5-20(15-32(26)41(49,50)51)37-66-38(21-6-11-27(33(16-21)42(52,53)54)29-13-8-23(64)18-35(29)44(58,59)60)68-39(67-37)22-7-12-28(34(17-22)43(55,56)57)30-14-9-24(65)19-36(30)45(61,62)63/h1-19H,64-65H2. The van der Waals surface area contributed by atoms with Crippen LogP contribution in [0.5, 0.6) is 0 Å². The van der Waals surface area contributed by atoms with Crippen LogP contribution < -0.4 is 11.5 Å². The zero-order chi connectivity index (χ0) is 50.1. The van der Waals surface area contributed by atoms with E-state index in [1.54, 1.807) is 0 Å². The summed E-state index contributed by atoms with van der Waals surface area (Å²) in [5.41, 5.74) is -8.33. The minimum atomic E-state index is -5.48. The van der Waals surface area contributed by atoms with Gasteiger partial charge in [-0.3, -0.25) is 0 Å². The Morgan fingerprint density at radius 1 is 0.265 bits per heavy atom. The smallest absolute Gasteiger partial charge is 0.399 e. The second kappa shape index (κ2) is 16.8. The number of benzene rings is 6. The molecular weight excluding hydrogens is 952 g/mol. The fourth-order valence-corrected chi connectivity index (χ4v) is 7.25. The number of hydrogen-bond acceptors (Lipinski definition) is 5. The first-order valence-electron chi connectivity index (χ1n) is 18.8. The molecule has 0 fully saturated rings. The van der Waals surface area contributed by atoms with E-state index in [4.69, 9.17) is 11.5 Å². The van der Waals surface area contributed by atoms with Crippen LogP contribution in [0.15, 0.2) is 115 Å². The van der Waals surface area contributed by atoms with Gasteiger partial charge in [-0.1, -0.05) is 66.7 Å². The maximum Gasteiger partial charge on any atom is 0.417 e. The maximum atomic E-state index is 14.8. The van der Waals surface area contributed by atoms with E-state index in [9.17, 15) is 79.0 Å². The summed E-state index contributed by atoms with van der Waals surface area (Å²) in [7, 11) is 0. The predicted molar refractivity (Wildman–Crippen MR) is 211 cm³/mol. The number of halogens is 18. The summed E-state index contributed by atoms with van der Waals surface area (Å²) in [5, 5.41) is 0. The lowest BCUT2D eigenvalue weighted by Crippen LogP contribution is -2.13. The first-order valence-corrected chi connectivity index (χ1v) is 18.8. The molecule has 1 aromatic heterocycles. The second-order valence-electron chi connectivity index (χ2n) is 14.7. The van der Waals surface area contributed by atoms with Crippen molar-refractivity contribution in [1.29, 1.82) is 0 Å². The van der Waals surface area contributed by atoms with Gasteiger partial charge in [0.2, 0.25) is 0 Å². The SMILES string of the molecule is Nc1ccc(-c2ccc(-c3nc(-c4ccc(-c5ccccc5C(F)(F)F)c(C(F)(F)F)c4)nc(-c4ccc(-c5ccc(N)cc5C(F)(F)F)c(C(F)(F)F)c4)n3)cc2C(F)(F)F)c(C(F)(F)F)c1. The molecule has 0 spiro atoms. The van der Waals surface area contributed by atoms with Gasteiger partial charge in [-0.15, -0.1) is 0 Å². The molecule has 0 atom stereocenters. The van der Waals surface area contributed by atoms with Crippen molar-refractivity contribution in [3.05, 3.63) is 149 Å². The molecule has 4 N–H and O–H groups in total. The van der Waals surface area contributed by atoms with Gasteiger partial charge >= 0.3 is 37.1 Å². The van der Waals surface area contributed by atoms with E-state index in [0.717, 1.165) is 48.5 Å². The van der Waals surface area contributed by atoms with Crippen LogP contribution in [-0.4, -0.2) is 15.0 Å². The van der Waals surface area contributed by atoms with E-state index in [0.29, 0.717) is 48.5 Å². The van der Waals surface area contributed by atoms with Crippen LogP contribution in [0, 0.1) is 0 Å². The van der Waals surface area contributed by atoms with E-state index < -0.39 is 149 Å². The number of rotatable bonds is 6. The highest BCUT2D eigenvalue weighted by Gasteiger charge is 2.42. The van der Waals surface area contributed by atoms with Gasteiger partial charge in [0.1, 0.15) is 0 Å². The molecule has 354 valence electrons. The normalized spacial score (nSPS) is 13.0. The molecule has 0 aliphatic heterocycles. The highest BCUT2D eigenvalue weighted by molar-refractivity contribution is 5.80. The van der Waals surface area contributed by atoms with Crippen LogP contribution in [0.1, 0.15) is 33.4 Å². The molecule has 0 saturated carbocycles. The topological polar surface area (TPSA) is 90.7 Å². The first-order chi connectivity index (χ1) is 31.3. The molecule has 1 heterocycles. The van der Waals surface area contributed by atoms with E-state index in [1.165, 1.54) is 0 Å². The molecule has 6 aromatic carbocycles. The molecular formula is C45H23F18N5. The van der Waals surface area contributed by atoms with Gasteiger partial charge in [0.15, 0.2) is 17.5 Å². The Bertz CT molecular complexity index is 2930. The summed E-state index contributed by atoms with van der Waals surface area (Å²) in [6, 6.07) is 11.6. The minimum absolute atomic E-state index is 0.233. The van der Waals surface area contributed by atoms with E-state index in [2.05, 4.69) is 15.0 Å². The monoisotopic (exact) mass is 975 g/mol. The quantitative estimate of drug-likeness (QED) is 0.128. The predicted octanol–water partition coefficient (Wildman–Crippen LogP) is 15.2. The molecule has 23 heteroatoms. The molecule has 0 saturated heterocycles. The number of nitrogens with zero attached hydrogens (tertiary/aromatic N) is 3. The Labute approximate surface area is 369 Å². The Kier molecular flexibility index (Phi) is 12.0. The van der Waals surface area contributed by atoms with Gasteiger partial charge in [-0.25, -0.2) is 15.0 Å². The van der Waals surface area contributed by atoms with E-state index in [1.807, 2.05) is 0 Å². The molecule has 68 heavy (non-hydrogen) atoms. The number of aromatic nitrogens is 3. The van der Waals surface area contributed by atoms with Crippen molar-refractivity contribution in [3.8, 4) is 67.5 Å². The molecule has 5 nitrogen and oxygen atoms in total. The summed E-state index contributed by atoms with van der Waals surface area (Å²) < 4.78 is 260. The average Bonchev–Trinajstić information content (AvgIpc) is 3.24. The summed E-state index contributed by atoms with van der Waals surface area (Å²) >= 11 is 0.